The van der Waals surface area contributed by atoms with Gasteiger partial charge in [-0.25, -0.2) is 0 Å². The van der Waals surface area contributed by atoms with E-state index in [0.717, 1.165) is 28.2 Å². The Labute approximate surface area is 134 Å². The summed E-state index contributed by atoms with van der Waals surface area (Å²) in [5.74, 6) is 1.73. The summed E-state index contributed by atoms with van der Waals surface area (Å²) in [6.45, 7) is 4.79. The number of benzene rings is 2. The molecule has 0 spiro atoms. The first-order valence-electron chi connectivity index (χ1n) is 6.91. The SMILES string of the molecule is COc1ccc(Br)c(NCc2ccc(OC(C)C)cc2)c1. The lowest BCUT2D eigenvalue weighted by Gasteiger charge is -2.12. The fourth-order valence-corrected chi connectivity index (χ4v) is 2.31. The van der Waals surface area contributed by atoms with Crippen molar-refractivity contribution in [3.8, 4) is 11.5 Å². The van der Waals surface area contributed by atoms with Gasteiger partial charge in [-0.1, -0.05) is 12.1 Å². The Morgan fingerprint density at radius 3 is 2.33 bits per heavy atom. The molecule has 2 aromatic carbocycles. The third kappa shape index (κ3) is 4.67. The van der Waals surface area contributed by atoms with Gasteiger partial charge in [0, 0.05) is 17.1 Å². The van der Waals surface area contributed by atoms with Gasteiger partial charge in [-0.3, -0.25) is 0 Å². The molecule has 0 amide bonds. The monoisotopic (exact) mass is 349 g/mol. The molecule has 0 saturated heterocycles. The molecule has 0 aliphatic carbocycles. The highest BCUT2D eigenvalue weighted by Crippen LogP contribution is 2.27. The van der Waals surface area contributed by atoms with Gasteiger partial charge in [-0.15, -0.1) is 0 Å². The Kier molecular flexibility index (Phi) is 5.51. The Balaban J connectivity index is 1.99. The molecule has 0 radical (unpaired) electrons. The van der Waals surface area contributed by atoms with Gasteiger partial charge in [0.05, 0.1) is 18.9 Å². The van der Waals surface area contributed by atoms with Crippen LogP contribution in [-0.4, -0.2) is 13.2 Å². The maximum Gasteiger partial charge on any atom is 0.121 e. The van der Waals surface area contributed by atoms with Crippen molar-refractivity contribution in [2.75, 3.05) is 12.4 Å². The van der Waals surface area contributed by atoms with Crippen LogP contribution in [0.3, 0.4) is 0 Å². The number of rotatable bonds is 6. The molecule has 1 N–H and O–H groups in total. The van der Waals surface area contributed by atoms with E-state index < -0.39 is 0 Å². The van der Waals surface area contributed by atoms with E-state index in [1.807, 2.05) is 44.2 Å². The van der Waals surface area contributed by atoms with Crippen molar-refractivity contribution in [1.82, 2.24) is 0 Å². The Hall–Kier alpha value is -1.68. The molecule has 0 saturated carbocycles. The lowest BCUT2D eigenvalue weighted by Crippen LogP contribution is -2.05. The lowest BCUT2D eigenvalue weighted by molar-refractivity contribution is 0.242. The molecule has 0 aliphatic rings. The minimum Gasteiger partial charge on any atom is -0.497 e. The quantitative estimate of drug-likeness (QED) is 0.807. The van der Waals surface area contributed by atoms with Gasteiger partial charge >= 0.3 is 0 Å². The second-order valence-electron chi connectivity index (χ2n) is 5.01. The Morgan fingerprint density at radius 1 is 1.05 bits per heavy atom. The second-order valence-corrected chi connectivity index (χ2v) is 5.86. The zero-order valence-electron chi connectivity index (χ0n) is 12.5. The van der Waals surface area contributed by atoms with Gasteiger partial charge in [-0.05, 0) is 59.6 Å². The molecule has 3 nitrogen and oxygen atoms in total. The zero-order valence-corrected chi connectivity index (χ0v) is 14.1. The van der Waals surface area contributed by atoms with Crippen LogP contribution in [0.2, 0.25) is 0 Å². The Bertz CT molecular complexity index is 582. The summed E-state index contributed by atoms with van der Waals surface area (Å²) in [5.41, 5.74) is 2.21. The van der Waals surface area contributed by atoms with Crippen molar-refractivity contribution in [3.63, 3.8) is 0 Å². The van der Waals surface area contributed by atoms with Gasteiger partial charge in [-0.2, -0.15) is 0 Å². The molecule has 2 rings (SSSR count). The highest BCUT2D eigenvalue weighted by molar-refractivity contribution is 9.10. The summed E-state index contributed by atoms with van der Waals surface area (Å²) in [6.07, 6.45) is 0.196. The number of halogens is 1. The van der Waals surface area contributed by atoms with E-state index in [9.17, 15) is 0 Å². The molecule has 2 aromatic rings. The fraction of sp³-hybridized carbons (Fsp3) is 0.294. The summed E-state index contributed by atoms with van der Waals surface area (Å²) in [4.78, 5) is 0. The maximum absolute atomic E-state index is 5.64. The van der Waals surface area contributed by atoms with Crippen molar-refractivity contribution < 1.29 is 9.47 Å². The largest absolute Gasteiger partial charge is 0.497 e. The van der Waals surface area contributed by atoms with E-state index in [2.05, 4.69) is 33.4 Å². The molecule has 0 aliphatic heterocycles. The number of ether oxygens (including phenoxy) is 2. The fourth-order valence-electron chi connectivity index (χ4n) is 1.92. The minimum absolute atomic E-state index is 0.196. The van der Waals surface area contributed by atoms with Gasteiger partial charge in [0.1, 0.15) is 11.5 Å². The van der Waals surface area contributed by atoms with Crippen LogP contribution in [0.1, 0.15) is 19.4 Å². The van der Waals surface area contributed by atoms with E-state index in [0.29, 0.717) is 0 Å². The first-order chi connectivity index (χ1) is 10.1. The molecule has 0 heterocycles. The summed E-state index contributed by atoms with van der Waals surface area (Å²) in [5, 5.41) is 3.40. The summed E-state index contributed by atoms with van der Waals surface area (Å²) in [6, 6.07) is 14.0. The number of nitrogens with one attached hydrogen (secondary N) is 1. The number of hydrogen-bond donors (Lipinski definition) is 1. The van der Waals surface area contributed by atoms with Crippen molar-refractivity contribution in [2.24, 2.45) is 0 Å². The molecule has 0 fully saturated rings. The molecular weight excluding hydrogens is 330 g/mol. The molecule has 112 valence electrons. The van der Waals surface area contributed by atoms with E-state index >= 15 is 0 Å². The average Bonchev–Trinajstić information content (AvgIpc) is 2.47. The van der Waals surface area contributed by atoms with E-state index in [1.165, 1.54) is 5.56 Å². The van der Waals surface area contributed by atoms with E-state index in [-0.39, 0.29) is 6.10 Å². The molecule has 0 atom stereocenters. The van der Waals surface area contributed by atoms with Crippen molar-refractivity contribution in [1.29, 1.82) is 0 Å². The van der Waals surface area contributed by atoms with Crippen LogP contribution in [0.15, 0.2) is 46.9 Å². The molecule has 0 bridgehead atoms. The van der Waals surface area contributed by atoms with Gasteiger partial charge in [0.2, 0.25) is 0 Å². The van der Waals surface area contributed by atoms with Crippen LogP contribution >= 0.6 is 15.9 Å². The Morgan fingerprint density at radius 2 is 1.71 bits per heavy atom. The van der Waals surface area contributed by atoms with Crippen LogP contribution in [0, 0.1) is 0 Å². The van der Waals surface area contributed by atoms with Crippen molar-refractivity contribution in [3.05, 3.63) is 52.5 Å². The predicted molar refractivity (Wildman–Crippen MR) is 90.2 cm³/mol. The van der Waals surface area contributed by atoms with E-state index in [4.69, 9.17) is 9.47 Å². The molecule has 0 aromatic heterocycles. The highest BCUT2D eigenvalue weighted by Gasteiger charge is 2.03. The smallest absolute Gasteiger partial charge is 0.121 e. The minimum atomic E-state index is 0.196. The van der Waals surface area contributed by atoms with Gasteiger partial charge in [0.15, 0.2) is 0 Å². The first-order valence-corrected chi connectivity index (χ1v) is 7.71. The maximum atomic E-state index is 5.64. The third-order valence-electron chi connectivity index (χ3n) is 2.95. The number of methoxy groups -OCH3 is 1. The number of hydrogen-bond acceptors (Lipinski definition) is 3. The van der Waals surface area contributed by atoms with Gasteiger partial charge < -0.3 is 14.8 Å². The molecule has 21 heavy (non-hydrogen) atoms. The van der Waals surface area contributed by atoms with Crippen molar-refractivity contribution >= 4 is 21.6 Å². The predicted octanol–water partition coefficient (Wildman–Crippen LogP) is 4.86. The summed E-state index contributed by atoms with van der Waals surface area (Å²) >= 11 is 3.53. The normalized spacial score (nSPS) is 10.5. The molecule has 4 heteroatoms. The zero-order chi connectivity index (χ0) is 15.2. The summed E-state index contributed by atoms with van der Waals surface area (Å²) < 4.78 is 11.9. The van der Waals surface area contributed by atoms with Crippen LogP contribution < -0.4 is 14.8 Å². The van der Waals surface area contributed by atoms with Crippen LogP contribution in [0.4, 0.5) is 5.69 Å². The standard InChI is InChI=1S/C17H20BrNO2/c1-12(2)21-14-6-4-13(5-7-14)11-19-17-10-15(20-3)8-9-16(17)18/h4-10,12,19H,11H2,1-3H3. The van der Waals surface area contributed by atoms with Crippen LogP contribution in [-0.2, 0) is 6.54 Å². The molecule has 0 unspecified atom stereocenters. The van der Waals surface area contributed by atoms with Crippen LogP contribution in [0.5, 0.6) is 11.5 Å². The number of anilines is 1. The topological polar surface area (TPSA) is 30.5 Å². The van der Waals surface area contributed by atoms with E-state index in [1.54, 1.807) is 7.11 Å². The van der Waals surface area contributed by atoms with Crippen LogP contribution in [0.25, 0.3) is 0 Å². The lowest BCUT2D eigenvalue weighted by atomic mass is 10.2. The first kappa shape index (κ1) is 15.7. The second kappa shape index (κ2) is 7.36. The molecular formula is C17H20BrNO2. The van der Waals surface area contributed by atoms with Gasteiger partial charge in [0.25, 0.3) is 0 Å². The third-order valence-corrected chi connectivity index (χ3v) is 3.64. The summed E-state index contributed by atoms with van der Waals surface area (Å²) in [7, 11) is 1.67. The highest BCUT2D eigenvalue weighted by atomic mass is 79.9. The van der Waals surface area contributed by atoms with Crippen molar-refractivity contribution in [2.45, 2.75) is 26.5 Å². The average molecular weight is 350 g/mol.